The number of hydrogen-bond acceptors (Lipinski definition) is 2. The molecule has 3 aromatic heterocycles. The van der Waals surface area contributed by atoms with Gasteiger partial charge in [0.25, 0.3) is 5.56 Å². The van der Waals surface area contributed by atoms with Crippen LogP contribution in [0.1, 0.15) is 0 Å². The SMILES string of the molecule is O=c1c2ccccc2c2c(c3ccccc3n3c4ccccc4nc23)n1-c1ccccc1. The van der Waals surface area contributed by atoms with E-state index in [1.165, 1.54) is 0 Å². The molecule has 0 fully saturated rings. The molecule has 4 nitrogen and oxygen atoms in total. The molecule has 7 aromatic rings. The highest BCUT2D eigenvalue weighted by molar-refractivity contribution is 6.21. The van der Waals surface area contributed by atoms with Gasteiger partial charge >= 0.3 is 0 Å². The maximum absolute atomic E-state index is 13.8. The molecular formula is C28H17N3O. The van der Waals surface area contributed by atoms with Crippen LogP contribution in [0.3, 0.4) is 0 Å². The number of imidazole rings is 1. The fourth-order valence-electron chi connectivity index (χ4n) is 4.96. The summed E-state index contributed by atoms with van der Waals surface area (Å²) in [6, 6.07) is 34.2. The fourth-order valence-corrected chi connectivity index (χ4v) is 4.96. The van der Waals surface area contributed by atoms with Crippen LogP contribution in [0.2, 0.25) is 0 Å². The second kappa shape index (κ2) is 6.28. The molecule has 4 heteroatoms. The first-order valence-electron chi connectivity index (χ1n) is 10.6. The standard InChI is InChI=1S/C28H17N3O/c32-28-20-13-5-4-12-19(20)25-26(30(28)18-10-2-1-3-11-18)21-14-6-8-16-23(21)31-24-17-9-7-15-22(24)29-27(25)31/h1-17H. The second-order valence-electron chi connectivity index (χ2n) is 8.02. The van der Waals surface area contributed by atoms with Gasteiger partial charge in [0.15, 0.2) is 0 Å². The van der Waals surface area contributed by atoms with Crippen molar-refractivity contribution in [1.82, 2.24) is 14.0 Å². The lowest BCUT2D eigenvalue weighted by Crippen LogP contribution is -2.20. The van der Waals surface area contributed by atoms with E-state index in [4.69, 9.17) is 4.98 Å². The Morgan fingerprint density at radius 2 is 1.22 bits per heavy atom. The lowest BCUT2D eigenvalue weighted by Gasteiger charge is -2.17. The molecule has 0 bridgehead atoms. The zero-order valence-corrected chi connectivity index (χ0v) is 17.1. The van der Waals surface area contributed by atoms with Gasteiger partial charge in [-0.25, -0.2) is 4.98 Å². The summed E-state index contributed by atoms with van der Waals surface area (Å²) in [5.74, 6) is 0. The minimum Gasteiger partial charge on any atom is -0.292 e. The third-order valence-electron chi connectivity index (χ3n) is 6.29. The molecule has 3 heterocycles. The average Bonchev–Trinajstić information content (AvgIpc) is 3.24. The topological polar surface area (TPSA) is 39.3 Å². The minimum absolute atomic E-state index is 0.0232. The number of pyridine rings is 2. The molecule has 0 saturated heterocycles. The van der Waals surface area contributed by atoms with Crippen LogP contribution in [-0.4, -0.2) is 14.0 Å². The third kappa shape index (κ3) is 2.16. The number of nitrogens with zero attached hydrogens (tertiary/aromatic N) is 3. The highest BCUT2D eigenvalue weighted by Gasteiger charge is 2.20. The summed E-state index contributed by atoms with van der Waals surface area (Å²) in [6.07, 6.45) is 0. The van der Waals surface area contributed by atoms with Crippen molar-refractivity contribution < 1.29 is 0 Å². The first-order valence-corrected chi connectivity index (χ1v) is 10.6. The Balaban J connectivity index is 1.92. The van der Waals surface area contributed by atoms with Crippen molar-refractivity contribution in [3.63, 3.8) is 0 Å². The van der Waals surface area contributed by atoms with Gasteiger partial charge in [-0.3, -0.25) is 13.8 Å². The molecule has 0 unspecified atom stereocenters. The zero-order valence-electron chi connectivity index (χ0n) is 17.1. The third-order valence-corrected chi connectivity index (χ3v) is 6.29. The highest BCUT2D eigenvalue weighted by atomic mass is 16.1. The van der Waals surface area contributed by atoms with E-state index < -0.39 is 0 Å². The first-order chi connectivity index (χ1) is 15.8. The highest BCUT2D eigenvalue weighted by Crippen LogP contribution is 2.36. The molecule has 0 aliphatic heterocycles. The van der Waals surface area contributed by atoms with E-state index in [0.29, 0.717) is 5.39 Å². The largest absolute Gasteiger partial charge is 0.292 e. The zero-order chi connectivity index (χ0) is 21.2. The van der Waals surface area contributed by atoms with E-state index in [2.05, 4.69) is 22.6 Å². The molecule has 4 aromatic carbocycles. The van der Waals surface area contributed by atoms with Crippen molar-refractivity contribution in [2.45, 2.75) is 0 Å². The summed E-state index contributed by atoms with van der Waals surface area (Å²) in [5.41, 5.74) is 5.60. The Morgan fingerprint density at radius 1 is 0.594 bits per heavy atom. The molecule has 0 amide bonds. The molecule has 0 N–H and O–H groups in total. The van der Waals surface area contributed by atoms with E-state index in [1.54, 1.807) is 0 Å². The van der Waals surface area contributed by atoms with E-state index in [1.807, 2.05) is 89.5 Å². The van der Waals surface area contributed by atoms with Gasteiger partial charge in [-0.1, -0.05) is 66.7 Å². The van der Waals surface area contributed by atoms with Crippen LogP contribution in [0.5, 0.6) is 0 Å². The molecule has 0 spiro atoms. The Bertz CT molecular complexity index is 1900. The summed E-state index contributed by atoms with van der Waals surface area (Å²) in [5, 5.41) is 3.61. The quantitative estimate of drug-likeness (QED) is 0.306. The van der Waals surface area contributed by atoms with Crippen molar-refractivity contribution >= 4 is 49.3 Å². The number of fused-ring (bicyclic) bond motifs is 10. The van der Waals surface area contributed by atoms with Gasteiger partial charge in [-0.15, -0.1) is 0 Å². The lowest BCUT2D eigenvalue weighted by atomic mass is 10.0. The van der Waals surface area contributed by atoms with E-state index in [9.17, 15) is 4.79 Å². The summed E-state index contributed by atoms with van der Waals surface area (Å²) in [4.78, 5) is 18.9. The van der Waals surface area contributed by atoms with E-state index >= 15 is 0 Å². The van der Waals surface area contributed by atoms with Gasteiger partial charge < -0.3 is 0 Å². The maximum atomic E-state index is 13.8. The predicted octanol–water partition coefficient (Wildman–Crippen LogP) is 6.10. The number of benzene rings is 4. The van der Waals surface area contributed by atoms with Crippen LogP contribution in [0, 0.1) is 0 Å². The Labute approximate surface area is 182 Å². The van der Waals surface area contributed by atoms with E-state index in [0.717, 1.165) is 49.6 Å². The van der Waals surface area contributed by atoms with Crippen LogP contribution in [0.4, 0.5) is 0 Å². The normalized spacial score (nSPS) is 11.9. The van der Waals surface area contributed by atoms with Gasteiger partial charge in [0.1, 0.15) is 5.65 Å². The van der Waals surface area contributed by atoms with Gasteiger partial charge in [0.05, 0.1) is 27.5 Å². The average molecular weight is 411 g/mol. The minimum atomic E-state index is -0.0232. The number of hydrogen-bond donors (Lipinski definition) is 0. The monoisotopic (exact) mass is 411 g/mol. The summed E-state index contributed by atoms with van der Waals surface area (Å²) >= 11 is 0. The Morgan fingerprint density at radius 3 is 2.03 bits per heavy atom. The van der Waals surface area contributed by atoms with E-state index in [-0.39, 0.29) is 5.56 Å². The Kier molecular flexibility index (Phi) is 3.39. The van der Waals surface area contributed by atoms with Gasteiger partial charge in [-0.05, 0) is 36.4 Å². The molecule has 0 aliphatic rings. The summed E-state index contributed by atoms with van der Waals surface area (Å²) < 4.78 is 4.07. The first kappa shape index (κ1) is 17.3. The molecular weight excluding hydrogens is 394 g/mol. The van der Waals surface area contributed by atoms with Gasteiger partial charge in [0, 0.05) is 21.8 Å². The fraction of sp³-hybridized carbons (Fsp3) is 0. The lowest BCUT2D eigenvalue weighted by molar-refractivity contribution is 1.06. The van der Waals surface area contributed by atoms with Crippen molar-refractivity contribution in [2.24, 2.45) is 0 Å². The van der Waals surface area contributed by atoms with Crippen molar-refractivity contribution in [3.05, 3.63) is 113 Å². The number of para-hydroxylation sites is 4. The number of rotatable bonds is 1. The molecule has 150 valence electrons. The second-order valence-corrected chi connectivity index (χ2v) is 8.02. The van der Waals surface area contributed by atoms with Crippen LogP contribution >= 0.6 is 0 Å². The molecule has 0 aliphatic carbocycles. The van der Waals surface area contributed by atoms with Crippen LogP contribution in [0.15, 0.2) is 108 Å². The molecule has 0 atom stereocenters. The summed E-state index contributed by atoms with van der Waals surface area (Å²) in [7, 11) is 0. The van der Waals surface area contributed by atoms with Crippen LogP contribution < -0.4 is 5.56 Å². The molecule has 0 saturated carbocycles. The van der Waals surface area contributed by atoms with Crippen molar-refractivity contribution in [1.29, 1.82) is 0 Å². The maximum Gasteiger partial charge on any atom is 0.263 e. The molecule has 32 heavy (non-hydrogen) atoms. The van der Waals surface area contributed by atoms with Crippen LogP contribution in [-0.2, 0) is 0 Å². The summed E-state index contributed by atoms with van der Waals surface area (Å²) in [6.45, 7) is 0. The van der Waals surface area contributed by atoms with Gasteiger partial charge in [0.2, 0.25) is 0 Å². The molecule has 0 radical (unpaired) electrons. The van der Waals surface area contributed by atoms with Crippen LogP contribution in [0.25, 0.3) is 54.9 Å². The Hall–Kier alpha value is -4.44. The number of aromatic nitrogens is 3. The predicted molar refractivity (Wildman–Crippen MR) is 131 cm³/mol. The smallest absolute Gasteiger partial charge is 0.263 e. The van der Waals surface area contributed by atoms with Crippen molar-refractivity contribution in [3.8, 4) is 5.69 Å². The van der Waals surface area contributed by atoms with Gasteiger partial charge in [-0.2, -0.15) is 0 Å². The molecule has 7 rings (SSSR count). The van der Waals surface area contributed by atoms with Crippen molar-refractivity contribution in [2.75, 3.05) is 0 Å².